The average Bonchev–Trinajstić information content (AvgIpc) is 3.77. The zero-order chi connectivity index (χ0) is 44.3. The van der Waals surface area contributed by atoms with Crippen LogP contribution in [0.3, 0.4) is 0 Å². The smallest absolute Gasteiger partial charge is 0.164 e. The summed E-state index contributed by atoms with van der Waals surface area (Å²) in [5.74, 6) is 0.752. The monoisotopic (exact) mass is 775 g/mol. The van der Waals surface area contributed by atoms with Gasteiger partial charge in [-0.05, 0) is 79.5 Å². The average molecular weight is 776 g/mol. The van der Waals surface area contributed by atoms with Crippen LogP contribution in [-0.4, -0.2) is 15.0 Å². The molecule has 0 fully saturated rings. The molecule has 11 aromatic rings. The third-order valence-corrected chi connectivity index (χ3v) is 11.7. The number of benzene rings is 9. The number of rotatable bonds is 7. The van der Waals surface area contributed by atoms with Gasteiger partial charge in [0, 0.05) is 36.9 Å². The molecule has 0 amide bonds. The van der Waals surface area contributed by atoms with Crippen LogP contribution < -0.4 is 0 Å². The Balaban J connectivity index is 1.14. The number of nitrogens with zero attached hydrogens (tertiary/aromatic N) is 3. The molecule has 0 aliphatic heterocycles. The molecule has 0 radical (unpaired) electrons. The maximum absolute atomic E-state index is 9.80. The van der Waals surface area contributed by atoms with Crippen LogP contribution in [0.1, 0.15) is 8.22 Å². The van der Waals surface area contributed by atoms with Gasteiger partial charge in [-0.1, -0.05) is 188 Å². The minimum absolute atomic E-state index is 0.0569. The normalized spacial score (nSPS) is 12.8. The molecule has 2 heterocycles. The first-order valence-corrected chi connectivity index (χ1v) is 20.2. The summed E-state index contributed by atoms with van der Waals surface area (Å²) >= 11 is 1.13. The molecular weight excluding hydrogens is 735 g/mol. The summed E-state index contributed by atoms with van der Waals surface area (Å²) in [5.41, 5.74) is 8.61. The highest BCUT2D eigenvalue weighted by Gasteiger charge is 2.18. The van der Waals surface area contributed by atoms with Crippen molar-refractivity contribution in [2.45, 2.75) is 0 Å². The van der Waals surface area contributed by atoms with E-state index in [-0.39, 0.29) is 47.6 Å². The fourth-order valence-corrected chi connectivity index (χ4v) is 8.74. The van der Waals surface area contributed by atoms with Crippen molar-refractivity contribution in [3.63, 3.8) is 0 Å². The number of hydrogen-bond donors (Lipinski definition) is 0. The van der Waals surface area contributed by atoms with E-state index >= 15 is 0 Å². The maximum Gasteiger partial charge on any atom is 0.164 e. The van der Waals surface area contributed by atoms with Gasteiger partial charge in [-0.15, -0.1) is 11.3 Å². The first-order chi connectivity index (χ1) is 31.7. The van der Waals surface area contributed by atoms with Crippen molar-refractivity contribution in [2.75, 3.05) is 0 Å². The van der Waals surface area contributed by atoms with Crippen molar-refractivity contribution in [3.05, 3.63) is 212 Å². The lowest BCUT2D eigenvalue weighted by Crippen LogP contribution is -2.00. The first-order valence-electron chi connectivity index (χ1n) is 22.4. The van der Waals surface area contributed by atoms with Crippen molar-refractivity contribution in [3.8, 4) is 78.7 Å². The largest absolute Gasteiger partial charge is 0.208 e. The second kappa shape index (κ2) is 14.8. The Bertz CT molecular complexity index is 3660. The van der Waals surface area contributed by atoms with Gasteiger partial charge >= 0.3 is 0 Å². The summed E-state index contributed by atoms with van der Waals surface area (Å²) < 4.78 is 56.8. The van der Waals surface area contributed by atoms with Crippen LogP contribution in [0, 0.1) is 0 Å². The number of aromatic nitrogens is 3. The maximum atomic E-state index is 9.80. The lowest BCUT2D eigenvalue weighted by Gasteiger charge is -2.14. The molecule has 59 heavy (non-hydrogen) atoms. The van der Waals surface area contributed by atoms with E-state index in [0.717, 1.165) is 61.1 Å². The van der Waals surface area contributed by atoms with Crippen molar-refractivity contribution in [1.29, 1.82) is 0 Å². The van der Waals surface area contributed by atoms with Crippen molar-refractivity contribution >= 4 is 42.3 Å². The number of fused-ring (bicyclic) bond motifs is 4. The van der Waals surface area contributed by atoms with Gasteiger partial charge in [0.25, 0.3) is 0 Å². The molecule has 9 aromatic carbocycles. The quantitative estimate of drug-likeness (QED) is 0.162. The molecule has 0 atom stereocenters. The van der Waals surface area contributed by atoms with Crippen molar-refractivity contribution in [1.82, 2.24) is 15.0 Å². The Hall–Kier alpha value is -7.53. The van der Waals surface area contributed by atoms with Crippen LogP contribution in [0.25, 0.3) is 110 Å². The van der Waals surface area contributed by atoms with E-state index in [1.54, 1.807) is 0 Å². The topological polar surface area (TPSA) is 38.7 Å². The van der Waals surface area contributed by atoms with Crippen LogP contribution in [0.4, 0.5) is 0 Å². The predicted octanol–water partition coefficient (Wildman–Crippen LogP) is 15.1. The fourth-order valence-electron chi connectivity index (χ4n) is 7.72. The molecule has 2 aromatic heterocycles. The third kappa shape index (κ3) is 6.56. The van der Waals surface area contributed by atoms with E-state index in [1.165, 1.54) is 0 Å². The zero-order valence-electron chi connectivity index (χ0n) is 37.5. The van der Waals surface area contributed by atoms with Gasteiger partial charge in [0.05, 0.1) is 8.22 Å². The molecule has 4 heteroatoms. The summed E-state index contributed by atoms with van der Waals surface area (Å²) in [6, 6.07) is 57.0. The Morgan fingerprint density at radius 1 is 0.356 bits per heavy atom. The summed E-state index contributed by atoms with van der Waals surface area (Å²) in [5, 5.41) is 2.76. The van der Waals surface area contributed by atoms with Crippen LogP contribution in [0.15, 0.2) is 212 Å². The van der Waals surface area contributed by atoms with Gasteiger partial charge < -0.3 is 0 Å². The summed E-state index contributed by atoms with van der Waals surface area (Å²) in [6.45, 7) is 0. The Morgan fingerprint density at radius 3 is 1.59 bits per heavy atom. The van der Waals surface area contributed by atoms with E-state index in [4.69, 9.17) is 19.1 Å². The molecule has 0 saturated carbocycles. The zero-order valence-corrected chi connectivity index (χ0v) is 32.3. The summed E-state index contributed by atoms with van der Waals surface area (Å²) in [6.07, 6.45) is 0. The van der Waals surface area contributed by atoms with Crippen molar-refractivity contribution in [2.24, 2.45) is 0 Å². The fraction of sp³-hybridized carbons (Fsp3) is 0. The molecular formula is C55H35N3S. The number of hydrogen-bond acceptors (Lipinski definition) is 4. The number of thiophene rings is 1. The van der Waals surface area contributed by atoms with Gasteiger partial charge in [-0.2, -0.15) is 0 Å². The molecule has 0 spiro atoms. The molecule has 0 saturated heterocycles. The highest BCUT2D eigenvalue weighted by molar-refractivity contribution is 7.26. The minimum atomic E-state index is -0.258. The van der Waals surface area contributed by atoms with Gasteiger partial charge in [0.1, 0.15) is 0 Å². The second-order valence-corrected chi connectivity index (χ2v) is 15.3. The van der Waals surface area contributed by atoms with Crippen LogP contribution in [-0.2, 0) is 0 Å². The standard InChI is InChI=1S/C55H35N3S/c1-4-13-36(14-5-1)38-23-26-41(27-24-38)47-21-12-22-50-52(47)48-32-30-45(35-51(48)59-50)55-57-53(43-28-25-37-15-10-11-20-42(37)33-43)56-54(58-55)44-29-31-46(39-16-6-2-7-17-39)49(34-44)40-18-8-3-9-19-40/h1-35H/i12D,21D,22D,30D,32D,35D. The lowest BCUT2D eigenvalue weighted by molar-refractivity contribution is 1.08. The Morgan fingerprint density at radius 2 is 0.881 bits per heavy atom. The van der Waals surface area contributed by atoms with E-state index in [2.05, 4.69) is 36.4 Å². The predicted molar refractivity (Wildman–Crippen MR) is 248 cm³/mol. The lowest BCUT2D eigenvalue weighted by atomic mass is 9.92. The molecule has 0 bridgehead atoms. The molecule has 11 rings (SSSR count). The molecule has 276 valence electrons. The molecule has 0 aliphatic carbocycles. The Kier molecular flexibility index (Phi) is 7.21. The van der Waals surface area contributed by atoms with Gasteiger partial charge in [-0.25, -0.2) is 15.0 Å². The Labute approximate surface area is 355 Å². The summed E-state index contributed by atoms with van der Waals surface area (Å²) in [4.78, 5) is 15.1. The summed E-state index contributed by atoms with van der Waals surface area (Å²) in [7, 11) is 0. The van der Waals surface area contributed by atoms with E-state index in [1.807, 2.05) is 140 Å². The minimum Gasteiger partial charge on any atom is -0.208 e. The van der Waals surface area contributed by atoms with Crippen LogP contribution >= 0.6 is 11.3 Å². The highest BCUT2D eigenvalue weighted by atomic mass is 32.1. The molecule has 0 unspecified atom stereocenters. The van der Waals surface area contributed by atoms with E-state index in [0.29, 0.717) is 48.5 Å². The van der Waals surface area contributed by atoms with E-state index in [9.17, 15) is 4.11 Å². The van der Waals surface area contributed by atoms with Crippen molar-refractivity contribution < 1.29 is 8.22 Å². The van der Waals surface area contributed by atoms with Crippen LogP contribution in [0.2, 0.25) is 0 Å². The van der Waals surface area contributed by atoms with Gasteiger partial charge in [0.2, 0.25) is 0 Å². The third-order valence-electron chi connectivity index (χ3n) is 10.7. The second-order valence-electron chi connectivity index (χ2n) is 14.3. The molecule has 0 N–H and O–H groups in total. The van der Waals surface area contributed by atoms with E-state index < -0.39 is 0 Å². The van der Waals surface area contributed by atoms with Crippen LogP contribution in [0.5, 0.6) is 0 Å². The highest BCUT2D eigenvalue weighted by Crippen LogP contribution is 2.42. The molecule has 0 aliphatic rings. The van der Waals surface area contributed by atoms with Gasteiger partial charge in [0.15, 0.2) is 17.5 Å². The SMILES string of the molecule is [2H]c1c([2H])c(-c2ccc(-c3ccccc3)cc2)c2c(sc3c([2H])c(-c4nc(-c5ccc(-c6ccccc6)c(-c6ccccc6)c5)nc(-c5ccc6ccccc6c5)n4)c([2H])c([2H])c32)c1[2H]. The van der Waals surface area contributed by atoms with Gasteiger partial charge in [-0.3, -0.25) is 0 Å². The first kappa shape index (κ1) is 28.8. The molecule has 3 nitrogen and oxygen atoms in total.